The second-order valence-corrected chi connectivity index (χ2v) is 9.22. The minimum absolute atomic E-state index is 0.128. The first-order chi connectivity index (χ1) is 12.4. The average molecular weight is 374 g/mol. The van der Waals surface area contributed by atoms with Crippen LogP contribution in [0.2, 0.25) is 0 Å². The number of amides is 1. The van der Waals surface area contributed by atoms with Crippen LogP contribution in [0.25, 0.3) is 5.69 Å². The molecule has 1 aromatic carbocycles. The third-order valence-electron chi connectivity index (χ3n) is 4.63. The monoisotopic (exact) mass is 374 g/mol. The Morgan fingerprint density at radius 2 is 2.04 bits per heavy atom. The lowest BCUT2D eigenvalue weighted by Gasteiger charge is -2.22. The highest BCUT2D eigenvalue weighted by Gasteiger charge is 2.35. The molecular weight excluding hydrogens is 352 g/mol. The molecule has 1 aromatic heterocycles. The molecule has 0 bridgehead atoms. The van der Waals surface area contributed by atoms with Gasteiger partial charge in [0.15, 0.2) is 5.69 Å². The molecule has 1 saturated carbocycles. The van der Waals surface area contributed by atoms with Crippen LogP contribution in [0, 0.1) is 5.92 Å². The van der Waals surface area contributed by atoms with Crippen molar-refractivity contribution >= 4 is 15.9 Å². The molecule has 2 aliphatic rings. The zero-order chi connectivity index (χ0) is 18.5. The second-order valence-electron chi connectivity index (χ2n) is 7.32. The lowest BCUT2D eigenvalue weighted by molar-refractivity contribution is 0.0944. The maximum absolute atomic E-state index is 13.2. The van der Waals surface area contributed by atoms with Crippen LogP contribution in [0.4, 0.5) is 0 Å². The highest BCUT2D eigenvalue weighted by atomic mass is 32.2. The highest BCUT2D eigenvalue weighted by Crippen LogP contribution is 2.32. The van der Waals surface area contributed by atoms with E-state index in [1.54, 1.807) is 35.2 Å². The summed E-state index contributed by atoms with van der Waals surface area (Å²) in [5.74, 6) is -0.0716. The molecular formula is C18H22N4O3S. The van der Waals surface area contributed by atoms with Crippen LogP contribution >= 0.6 is 0 Å². The van der Waals surface area contributed by atoms with Gasteiger partial charge in [0, 0.05) is 12.6 Å². The summed E-state index contributed by atoms with van der Waals surface area (Å²) in [5.41, 5.74) is 1.45. The first kappa shape index (κ1) is 17.2. The quantitative estimate of drug-likeness (QED) is 0.886. The van der Waals surface area contributed by atoms with E-state index in [1.165, 1.54) is 4.31 Å². The van der Waals surface area contributed by atoms with Gasteiger partial charge in [0.1, 0.15) is 11.2 Å². The van der Waals surface area contributed by atoms with Crippen molar-refractivity contribution in [2.75, 3.05) is 6.54 Å². The molecule has 26 heavy (non-hydrogen) atoms. The molecule has 7 nitrogen and oxygen atoms in total. The summed E-state index contributed by atoms with van der Waals surface area (Å²) in [6.45, 7) is 4.46. The summed E-state index contributed by atoms with van der Waals surface area (Å²) in [6.07, 6.45) is 3.52. The number of hydrogen-bond donors (Lipinski definition) is 1. The molecule has 1 amide bonds. The minimum Gasteiger partial charge on any atom is -0.348 e. The van der Waals surface area contributed by atoms with Gasteiger partial charge in [-0.1, -0.05) is 26.0 Å². The summed E-state index contributed by atoms with van der Waals surface area (Å²) in [7, 11) is -3.65. The van der Waals surface area contributed by atoms with Crippen molar-refractivity contribution in [3.05, 3.63) is 42.0 Å². The van der Waals surface area contributed by atoms with Crippen LogP contribution in [0.3, 0.4) is 0 Å². The Bertz CT molecular complexity index is 961. The van der Waals surface area contributed by atoms with E-state index in [0.717, 1.165) is 12.8 Å². The third-order valence-corrected chi connectivity index (χ3v) is 6.49. The summed E-state index contributed by atoms with van der Waals surface area (Å²) >= 11 is 0. The summed E-state index contributed by atoms with van der Waals surface area (Å²) in [5, 5.41) is 2.94. The SMILES string of the molecule is CC(C)CN1Cc2c(C(=O)NC3CC3)ncn2-c2ccccc2S1(=O)=O. The minimum atomic E-state index is -3.65. The number of fused-ring (bicyclic) bond motifs is 3. The van der Waals surface area contributed by atoms with Crippen LogP contribution in [0.1, 0.15) is 42.9 Å². The molecule has 0 unspecified atom stereocenters. The van der Waals surface area contributed by atoms with Crippen LogP contribution in [-0.4, -0.2) is 40.8 Å². The number of carbonyl (C=O) groups is 1. The van der Waals surface area contributed by atoms with E-state index in [0.29, 0.717) is 23.6 Å². The smallest absolute Gasteiger partial charge is 0.272 e. The van der Waals surface area contributed by atoms with E-state index < -0.39 is 10.0 Å². The fourth-order valence-corrected chi connectivity index (χ4v) is 4.98. The molecule has 138 valence electrons. The van der Waals surface area contributed by atoms with E-state index in [2.05, 4.69) is 10.3 Å². The number of rotatable bonds is 4. The van der Waals surface area contributed by atoms with Crippen LogP contribution in [0.15, 0.2) is 35.5 Å². The fourth-order valence-electron chi connectivity index (χ4n) is 3.24. The Labute approximate surface area is 153 Å². The molecule has 1 fully saturated rings. The van der Waals surface area contributed by atoms with Crippen molar-refractivity contribution < 1.29 is 13.2 Å². The Balaban J connectivity index is 1.86. The second kappa shape index (κ2) is 6.21. The molecule has 2 aromatic rings. The third kappa shape index (κ3) is 2.93. The molecule has 2 heterocycles. The lowest BCUT2D eigenvalue weighted by Crippen LogP contribution is -2.34. The fraction of sp³-hybridized carbons (Fsp3) is 0.444. The molecule has 1 aliphatic heterocycles. The summed E-state index contributed by atoms with van der Waals surface area (Å²) in [6, 6.07) is 7.08. The number of benzene rings is 1. The molecule has 1 aliphatic carbocycles. The molecule has 8 heteroatoms. The van der Waals surface area contributed by atoms with E-state index in [9.17, 15) is 13.2 Å². The average Bonchev–Trinajstić information content (AvgIpc) is 3.31. The van der Waals surface area contributed by atoms with Crippen molar-refractivity contribution in [2.45, 2.75) is 44.2 Å². The first-order valence-corrected chi connectivity index (χ1v) is 10.3. The molecule has 4 rings (SSSR count). The van der Waals surface area contributed by atoms with Gasteiger partial charge in [0.05, 0.1) is 17.9 Å². The van der Waals surface area contributed by atoms with Gasteiger partial charge in [0.25, 0.3) is 5.91 Å². The zero-order valence-corrected chi connectivity index (χ0v) is 15.7. The molecule has 0 atom stereocenters. The number of imidazole rings is 1. The lowest BCUT2D eigenvalue weighted by atomic mass is 10.2. The number of nitrogens with one attached hydrogen (secondary N) is 1. The Hall–Kier alpha value is -2.19. The van der Waals surface area contributed by atoms with Crippen molar-refractivity contribution in [3.63, 3.8) is 0 Å². The summed E-state index contributed by atoms with van der Waals surface area (Å²) < 4.78 is 29.6. The maximum Gasteiger partial charge on any atom is 0.272 e. The Kier molecular flexibility index (Phi) is 4.11. The highest BCUT2D eigenvalue weighted by molar-refractivity contribution is 7.89. The van der Waals surface area contributed by atoms with Gasteiger partial charge in [0.2, 0.25) is 10.0 Å². The number of sulfonamides is 1. The molecule has 1 N–H and O–H groups in total. The maximum atomic E-state index is 13.2. The number of hydrogen-bond acceptors (Lipinski definition) is 4. The van der Waals surface area contributed by atoms with E-state index >= 15 is 0 Å². The van der Waals surface area contributed by atoms with Gasteiger partial charge >= 0.3 is 0 Å². The van der Waals surface area contributed by atoms with Crippen LogP contribution in [0.5, 0.6) is 0 Å². The predicted molar refractivity (Wildman–Crippen MR) is 96.5 cm³/mol. The van der Waals surface area contributed by atoms with Gasteiger partial charge in [-0.05, 0) is 30.9 Å². The van der Waals surface area contributed by atoms with Gasteiger partial charge in [-0.25, -0.2) is 13.4 Å². The zero-order valence-electron chi connectivity index (χ0n) is 14.8. The van der Waals surface area contributed by atoms with Gasteiger partial charge in [-0.15, -0.1) is 0 Å². The number of carbonyl (C=O) groups excluding carboxylic acids is 1. The van der Waals surface area contributed by atoms with Crippen LogP contribution in [-0.2, 0) is 16.6 Å². The van der Waals surface area contributed by atoms with Crippen molar-refractivity contribution in [1.29, 1.82) is 0 Å². The Morgan fingerprint density at radius 3 is 2.73 bits per heavy atom. The van der Waals surface area contributed by atoms with E-state index in [1.807, 2.05) is 13.8 Å². The van der Waals surface area contributed by atoms with E-state index in [4.69, 9.17) is 0 Å². The van der Waals surface area contributed by atoms with Crippen molar-refractivity contribution in [3.8, 4) is 5.69 Å². The normalized spacial score (nSPS) is 18.9. The molecule has 0 radical (unpaired) electrons. The molecule has 0 spiro atoms. The van der Waals surface area contributed by atoms with Crippen molar-refractivity contribution in [2.24, 2.45) is 5.92 Å². The first-order valence-electron chi connectivity index (χ1n) is 8.84. The van der Waals surface area contributed by atoms with Gasteiger partial charge in [-0.2, -0.15) is 4.31 Å². The predicted octanol–water partition coefficient (Wildman–Crippen LogP) is 1.92. The number of para-hydroxylation sites is 1. The van der Waals surface area contributed by atoms with Gasteiger partial charge in [-0.3, -0.25) is 9.36 Å². The van der Waals surface area contributed by atoms with Crippen LogP contribution < -0.4 is 5.32 Å². The largest absolute Gasteiger partial charge is 0.348 e. The topological polar surface area (TPSA) is 84.3 Å². The van der Waals surface area contributed by atoms with Gasteiger partial charge < -0.3 is 5.32 Å². The Morgan fingerprint density at radius 1 is 1.31 bits per heavy atom. The number of nitrogens with zero attached hydrogens (tertiary/aromatic N) is 3. The van der Waals surface area contributed by atoms with E-state index in [-0.39, 0.29) is 29.3 Å². The van der Waals surface area contributed by atoms with Crippen molar-refractivity contribution in [1.82, 2.24) is 19.2 Å². The summed E-state index contributed by atoms with van der Waals surface area (Å²) in [4.78, 5) is 17.1. The standard InChI is InChI=1S/C18H22N4O3S/c1-12(2)9-21-10-15-17(18(23)20-13-7-8-13)19-11-22(15)14-5-3-4-6-16(14)26(21,24)25/h3-6,11-13H,7-10H2,1-2H3,(H,20,23). The molecule has 0 saturated heterocycles. The number of aromatic nitrogens is 2.